The fraction of sp³-hybridized carbons (Fsp3) is 0.562. The molecule has 0 bridgehead atoms. The van der Waals surface area contributed by atoms with Crippen molar-refractivity contribution in [2.24, 2.45) is 0 Å². The van der Waals surface area contributed by atoms with Crippen molar-refractivity contribution in [3.05, 3.63) is 28.8 Å². The van der Waals surface area contributed by atoms with Crippen LogP contribution in [0.15, 0.2) is 12.1 Å². The first-order chi connectivity index (χ1) is 8.60. The lowest BCUT2D eigenvalue weighted by atomic mass is 9.98. The van der Waals surface area contributed by atoms with Crippen molar-refractivity contribution in [3.63, 3.8) is 0 Å². The Kier molecular flexibility index (Phi) is 5.90. The van der Waals surface area contributed by atoms with Gasteiger partial charge in [0, 0.05) is 12.0 Å². The maximum Gasteiger partial charge on any atom is 0.163 e. The van der Waals surface area contributed by atoms with Gasteiger partial charge in [-0.25, -0.2) is 0 Å². The number of unbranched alkanes of at least 4 members (excludes halogenated alkanes) is 1. The number of aryl methyl sites for hydroxylation is 2. The SMILES string of the molecule is CCCCC(=O)c1cc(C)c(OCCC)cc1C. The molecule has 2 nitrogen and oxygen atoms in total. The van der Waals surface area contributed by atoms with E-state index in [1.54, 1.807) is 0 Å². The number of rotatable bonds is 7. The van der Waals surface area contributed by atoms with Crippen molar-refractivity contribution in [1.29, 1.82) is 0 Å². The van der Waals surface area contributed by atoms with E-state index in [9.17, 15) is 4.79 Å². The molecule has 0 aliphatic heterocycles. The first-order valence-corrected chi connectivity index (χ1v) is 6.87. The largest absolute Gasteiger partial charge is 0.493 e. The van der Waals surface area contributed by atoms with Crippen molar-refractivity contribution < 1.29 is 9.53 Å². The van der Waals surface area contributed by atoms with Crippen LogP contribution in [0, 0.1) is 13.8 Å². The van der Waals surface area contributed by atoms with Crippen LogP contribution < -0.4 is 4.74 Å². The predicted molar refractivity (Wildman–Crippen MR) is 75.6 cm³/mol. The Bertz CT molecular complexity index is 408. The highest BCUT2D eigenvalue weighted by molar-refractivity contribution is 5.97. The molecule has 0 atom stereocenters. The molecule has 1 rings (SSSR count). The molecule has 1 aromatic carbocycles. The first kappa shape index (κ1) is 14.7. The summed E-state index contributed by atoms with van der Waals surface area (Å²) in [5, 5.41) is 0. The minimum atomic E-state index is 0.250. The summed E-state index contributed by atoms with van der Waals surface area (Å²) < 4.78 is 5.67. The van der Waals surface area contributed by atoms with Gasteiger partial charge in [0.15, 0.2) is 5.78 Å². The normalized spacial score (nSPS) is 10.4. The molecule has 0 aliphatic carbocycles. The molecule has 0 aliphatic rings. The average Bonchev–Trinajstić information content (AvgIpc) is 2.36. The van der Waals surface area contributed by atoms with Gasteiger partial charge in [-0.2, -0.15) is 0 Å². The summed E-state index contributed by atoms with van der Waals surface area (Å²) in [5.74, 6) is 1.15. The Labute approximate surface area is 110 Å². The number of carbonyl (C=O) groups is 1. The number of hydrogen-bond donors (Lipinski definition) is 0. The van der Waals surface area contributed by atoms with E-state index in [1.165, 1.54) is 0 Å². The van der Waals surface area contributed by atoms with Gasteiger partial charge in [0.25, 0.3) is 0 Å². The van der Waals surface area contributed by atoms with Gasteiger partial charge in [0.1, 0.15) is 5.75 Å². The van der Waals surface area contributed by atoms with Crippen LogP contribution in [0.2, 0.25) is 0 Å². The van der Waals surface area contributed by atoms with Crippen LogP contribution in [0.3, 0.4) is 0 Å². The molecule has 18 heavy (non-hydrogen) atoms. The van der Waals surface area contributed by atoms with Gasteiger partial charge in [-0.3, -0.25) is 4.79 Å². The minimum absolute atomic E-state index is 0.250. The fourth-order valence-electron chi connectivity index (χ4n) is 1.93. The van der Waals surface area contributed by atoms with Crippen LogP contribution in [-0.2, 0) is 0 Å². The van der Waals surface area contributed by atoms with E-state index >= 15 is 0 Å². The Morgan fingerprint density at radius 2 is 1.83 bits per heavy atom. The Morgan fingerprint density at radius 3 is 2.44 bits per heavy atom. The lowest BCUT2D eigenvalue weighted by Gasteiger charge is -2.12. The van der Waals surface area contributed by atoms with E-state index in [2.05, 4.69) is 13.8 Å². The van der Waals surface area contributed by atoms with Crippen molar-refractivity contribution in [3.8, 4) is 5.75 Å². The van der Waals surface area contributed by atoms with Crippen LogP contribution in [0.1, 0.15) is 61.0 Å². The van der Waals surface area contributed by atoms with Crippen molar-refractivity contribution in [2.45, 2.75) is 53.4 Å². The maximum atomic E-state index is 12.1. The van der Waals surface area contributed by atoms with E-state index in [1.807, 2.05) is 26.0 Å². The highest BCUT2D eigenvalue weighted by Crippen LogP contribution is 2.24. The summed E-state index contributed by atoms with van der Waals surface area (Å²) in [6.07, 6.45) is 3.66. The average molecular weight is 248 g/mol. The summed E-state index contributed by atoms with van der Waals surface area (Å²) in [5.41, 5.74) is 2.92. The summed E-state index contributed by atoms with van der Waals surface area (Å²) in [4.78, 5) is 12.1. The van der Waals surface area contributed by atoms with Crippen LogP contribution in [0.5, 0.6) is 5.75 Å². The molecule has 0 N–H and O–H groups in total. The van der Waals surface area contributed by atoms with Crippen LogP contribution >= 0.6 is 0 Å². The molecular weight excluding hydrogens is 224 g/mol. The van der Waals surface area contributed by atoms with Gasteiger partial charge >= 0.3 is 0 Å². The highest BCUT2D eigenvalue weighted by Gasteiger charge is 2.11. The molecule has 100 valence electrons. The lowest BCUT2D eigenvalue weighted by molar-refractivity contribution is 0.0979. The molecule has 0 unspecified atom stereocenters. The maximum absolute atomic E-state index is 12.1. The first-order valence-electron chi connectivity index (χ1n) is 6.87. The third kappa shape index (κ3) is 3.86. The van der Waals surface area contributed by atoms with Gasteiger partial charge in [0.05, 0.1) is 6.61 Å². The van der Waals surface area contributed by atoms with Crippen LogP contribution in [-0.4, -0.2) is 12.4 Å². The zero-order chi connectivity index (χ0) is 13.5. The fourth-order valence-corrected chi connectivity index (χ4v) is 1.93. The summed E-state index contributed by atoms with van der Waals surface area (Å²) in [7, 11) is 0. The third-order valence-electron chi connectivity index (χ3n) is 3.04. The zero-order valence-corrected chi connectivity index (χ0v) is 12.0. The Balaban J connectivity index is 2.88. The van der Waals surface area contributed by atoms with Gasteiger partial charge in [-0.05, 0) is 49.9 Å². The zero-order valence-electron chi connectivity index (χ0n) is 12.0. The second kappa shape index (κ2) is 7.20. The van der Waals surface area contributed by atoms with Crippen LogP contribution in [0.4, 0.5) is 0 Å². The minimum Gasteiger partial charge on any atom is -0.493 e. The Morgan fingerprint density at radius 1 is 1.11 bits per heavy atom. The predicted octanol–water partition coefficient (Wildman–Crippen LogP) is 4.47. The summed E-state index contributed by atoms with van der Waals surface area (Å²) in [6, 6.07) is 3.96. The molecular formula is C16H24O2. The van der Waals surface area contributed by atoms with E-state index in [-0.39, 0.29) is 5.78 Å². The van der Waals surface area contributed by atoms with E-state index < -0.39 is 0 Å². The van der Waals surface area contributed by atoms with E-state index in [0.29, 0.717) is 6.42 Å². The molecule has 0 radical (unpaired) electrons. The van der Waals surface area contributed by atoms with E-state index in [0.717, 1.165) is 48.3 Å². The molecule has 2 heteroatoms. The topological polar surface area (TPSA) is 26.3 Å². The summed E-state index contributed by atoms with van der Waals surface area (Å²) in [6.45, 7) is 8.90. The number of benzene rings is 1. The van der Waals surface area contributed by atoms with Crippen molar-refractivity contribution in [1.82, 2.24) is 0 Å². The molecule has 1 aromatic rings. The van der Waals surface area contributed by atoms with E-state index in [4.69, 9.17) is 4.74 Å². The van der Waals surface area contributed by atoms with Crippen molar-refractivity contribution in [2.75, 3.05) is 6.61 Å². The molecule has 0 fully saturated rings. The number of Topliss-reactive ketones (excluding diaryl/α,β-unsaturated/α-hetero) is 1. The lowest BCUT2D eigenvalue weighted by Crippen LogP contribution is -2.04. The van der Waals surface area contributed by atoms with Crippen LogP contribution in [0.25, 0.3) is 0 Å². The quantitative estimate of drug-likeness (QED) is 0.666. The molecule has 0 spiro atoms. The monoisotopic (exact) mass is 248 g/mol. The number of hydrogen-bond acceptors (Lipinski definition) is 2. The van der Waals surface area contributed by atoms with Gasteiger partial charge in [-0.1, -0.05) is 20.3 Å². The van der Waals surface area contributed by atoms with Gasteiger partial charge in [-0.15, -0.1) is 0 Å². The highest BCUT2D eigenvalue weighted by atomic mass is 16.5. The second-order valence-electron chi connectivity index (χ2n) is 4.81. The Hall–Kier alpha value is -1.31. The smallest absolute Gasteiger partial charge is 0.163 e. The molecule has 0 aromatic heterocycles. The van der Waals surface area contributed by atoms with Gasteiger partial charge < -0.3 is 4.74 Å². The molecule has 0 saturated carbocycles. The standard InChI is InChI=1S/C16H24O2/c1-5-7-8-15(17)14-10-13(4)16(11-12(14)3)18-9-6-2/h10-11H,5-9H2,1-4H3. The third-order valence-corrected chi connectivity index (χ3v) is 3.04. The number of ether oxygens (including phenoxy) is 1. The van der Waals surface area contributed by atoms with Crippen molar-refractivity contribution >= 4 is 5.78 Å². The van der Waals surface area contributed by atoms with Gasteiger partial charge in [0.2, 0.25) is 0 Å². The molecule has 0 saturated heterocycles. The number of carbonyl (C=O) groups excluding carboxylic acids is 1. The summed E-state index contributed by atoms with van der Waals surface area (Å²) >= 11 is 0. The molecule has 0 amide bonds. The molecule has 0 heterocycles. The number of ketones is 1. The second-order valence-corrected chi connectivity index (χ2v) is 4.81.